The number of nitrogens with one attached hydrogen (secondary N) is 1. The summed E-state index contributed by atoms with van der Waals surface area (Å²) in [5.74, 6) is 1.70. The number of aromatic nitrogens is 4. The summed E-state index contributed by atoms with van der Waals surface area (Å²) in [7, 11) is 0. The predicted molar refractivity (Wildman–Crippen MR) is 94.2 cm³/mol. The highest BCUT2D eigenvalue weighted by Gasteiger charge is 2.18. The molecule has 1 fully saturated rings. The molecule has 1 aromatic carbocycles. The summed E-state index contributed by atoms with van der Waals surface area (Å²) in [4.78, 5) is 10.8. The van der Waals surface area contributed by atoms with Gasteiger partial charge in [0.05, 0.1) is 17.8 Å². The smallest absolute Gasteiger partial charge is 0.134 e. The molecule has 0 atom stereocenters. The van der Waals surface area contributed by atoms with Crippen LogP contribution in [-0.2, 0) is 6.54 Å². The van der Waals surface area contributed by atoms with Crippen molar-refractivity contribution in [2.45, 2.75) is 25.5 Å². The van der Waals surface area contributed by atoms with Gasteiger partial charge in [-0.1, -0.05) is 6.07 Å². The lowest BCUT2D eigenvalue weighted by Crippen LogP contribution is -2.36. The highest BCUT2D eigenvalue weighted by molar-refractivity contribution is 7.00. The molecule has 0 aliphatic carbocycles. The molecule has 0 radical (unpaired) electrons. The van der Waals surface area contributed by atoms with Crippen LogP contribution in [0.1, 0.15) is 18.4 Å². The highest BCUT2D eigenvalue weighted by atomic mass is 32.1. The third-order valence-electron chi connectivity index (χ3n) is 4.23. The molecule has 0 amide bonds. The maximum Gasteiger partial charge on any atom is 0.134 e. The first-order valence-electron chi connectivity index (χ1n) is 7.98. The molecule has 0 saturated carbocycles. The van der Waals surface area contributed by atoms with E-state index in [1.54, 1.807) is 6.33 Å². The number of anilines is 2. The number of benzene rings is 1. The van der Waals surface area contributed by atoms with Gasteiger partial charge in [0.2, 0.25) is 0 Å². The standard InChI is InChI=1S/C16H18N6OS/c23-12-3-5-22(6-4-12)16-8-15(18-10-19-16)17-9-11-1-2-13-14(7-11)21-24-20-13/h1-2,7-8,10,12,23H,3-6,9H2,(H,17,18,19). The Morgan fingerprint density at radius 1 is 1.12 bits per heavy atom. The van der Waals surface area contributed by atoms with Crippen LogP contribution in [0.25, 0.3) is 11.0 Å². The van der Waals surface area contributed by atoms with Gasteiger partial charge < -0.3 is 15.3 Å². The fraction of sp³-hybridized carbons (Fsp3) is 0.375. The van der Waals surface area contributed by atoms with Gasteiger partial charge in [-0.2, -0.15) is 8.75 Å². The molecule has 0 unspecified atom stereocenters. The van der Waals surface area contributed by atoms with Crippen LogP contribution < -0.4 is 10.2 Å². The number of aliphatic hydroxyl groups is 1. The van der Waals surface area contributed by atoms with Crippen LogP contribution in [0.2, 0.25) is 0 Å². The van der Waals surface area contributed by atoms with Crippen molar-refractivity contribution in [3.05, 3.63) is 36.2 Å². The summed E-state index contributed by atoms with van der Waals surface area (Å²) in [6, 6.07) is 8.03. The van der Waals surface area contributed by atoms with E-state index in [0.29, 0.717) is 6.54 Å². The number of hydrogen-bond acceptors (Lipinski definition) is 8. The van der Waals surface area contributed by atoms with Crippen molar-refractivity contribution in [2.75, 3.05) is 23.3 Å². The zero-order valence-corrected chi connectivity index (χ0v) is 13.9. The molecule has 24 heavy (non-hydrogen) atoms. The summed E-state index contributed by atoms with van der Waals surface area (Å²) in [5.41, 5.74) is 2.99. The van der Waals surface area contributed by atoms with Gasteiger partial charge in [-0.3, -0.25) is 0 Å². The zero-order chi connectivity index (χ0) is 16.4. The minimum atomic E-state index is -0.184. The average molecular weight is 342 g/mol. The van der Waals surface area contributed by atoms with Gasteiger partial charge >= 0.3 is 0 Å². The van der Waals surface area contributed by atoms with Crippen molar-refractivity contribution in [2.24, 2.45) is 0 Å². The fourth-order valence-corrected chi connectivity index (χ4v) is 3.36. The van der Waals surface area contributed by atoms with Crippen molar-refractivity contribution in [3.8, 4) is 0 Å². The van der Waals surface area contributed by atoms with Gasteiger partial charge in [-0.05, 0) is 30.5 Å². The molecule has 0 bridgehead atoms. The van der Waals surface area contributed by atoms with Gasteiger partial charge in [-0.25, -0.2) is 9.97 Å². The Morgan fingerprint density at radius 2 is 1.96 bits per heavy atom. The van der Waals surface area contributed by atoms with Gasteiger partial charge in [0.25, 0.3) is 0 Å². The molecule has 8 heteroatoms. The highest BCUT2D eigenvalue weighted by Crippen LogP contribution is 2.20. The van der Waals surface area contributed by atoms with Crippen LogP contribution in [0, 0.1) is 0 Å². The molecule has 124 valence electrons. The largest absolute Gasteiger partial charge is 0.393 e. The lowest BCUT2D eigenvalue weighted by atomic mass is 10.1. The van der Waals surface area contributed by atoms with Crippen molar-refractivity contribution in [1.82, 2.24) is 18.7 Å². The first-order valence-corrected chi connectivity index (χ1v) is 8.71. The zero-order valence-electron chi connectivity index (χ0n) is 13.1. The van der Waals surface area contributed by atoms with E-state index >= 15 is 0 Å². The van der Waals surface area contributed by atoms with E-state index in [9.17, 15) is 5.11 Å². The number of nitrogens with zero attached hydrogens (tertiary/aromatic N) is 5. The number of piperidine rings is 1. The minimum absolute atomic E-state index is 0.184. The van der Waals surface area contributed by atoms with Gasteiger partial charge in [0, 0.05) is 25.7 Å². The second-order valence-corrected chi connectivity index (χ2v) is 6.45. The van der Waals surface area contributed by atoms with Crippen molar-refractivity contribution in [3.63, 3.8) is 0 Å². The van der Waals surface area contributed by atoms with E-state index in [-0.39, 0.29) is 6.10 Å². The number of fused-ring (bicyclic) bond motifs is 1. The molecular weight excluding hydrogens is 324 g/mol. The lowest BCUT2D eigenvalue weighted by Gasteiger charge is -2.30. The van der Waals surface area contributed by atoms with Crippen LogP contribution in [0.4, 0.5) is 11.6 Å². The quantitative estimate of drug-likeness (QED) is 0.750. The van der Waals surface area contributed by atoms with Crippen molar-refractivity contribution < 1.29 is 5.11 Å². The Bertz CT molecular complexity index is 830. The summed E-state index contributed by atoms with van der Waals surface area (Å²) < 4.78 is 8.48. The van der Waals surface area contributed by atoms with Crippen molar-refractivity contribution >= 4 is 34.4 Å². The first kappa shape index (κ1) is 15.2. The number of rotatable bonds is 4. The van der Waals surface area contributed by atoms with Crippen LogP contribution in [-0.4, -0.2) is 43.0 Å². The maximum absolute atomic E-state index is 9.62. The molecule has 3 heterocycles. The molecule has 1 aliphatic rings. The third kappa shape index (κ3) is 3.29. The molecule has 1 saturated heterocycles. The third-order valence-corrected chi connectivity index (χ3v) is 4.79. The molecule has 2 aromatic heterocycles. The molecule has 1 aliphatic heterocycles. The molecule has 4 rings (SSSR count). The predicted octanol–water partition coefficient (Wildman–Crippen LogP) is 2.05. The van der Waals surface area contributed by atoms with Crippen LogP contribution in [0.3, 0.4) is 0 Å². The van der Waals surface area contributed by atoms with Gasteiger partial charge in [0.15, 0.2) is 0 Å². The Hall–Kier alpha value is -2.32. The SMILES string of the molecule is OC1CCN(c2cc(NCc3ccc4nsnc4c3)ncn2)CC1. The summed E-state index contributed by atoms with van der Waals surface area (Å²) in [5, 5.41) is 13.0. The fourth-order valence-electron chi connectivity index (χ4n) is 2.84. The molecule has 2 N–H and O–H groups in total. The summed E-state index contributed by atoms with van der Waals surface area (Å²) in [6.45, 7) is 2.32. The molecular formula is C16H18N6OS. The van der Waals surface area contributed by atoms with Crippen LogP contribution in [0.15, 0.2) is 30.6 Å². The van der Waals surface area contributed by atoms with E-state index in [4.69, 9.17) is 0 Å². The summed E-state index contributed by atoms with van der Waals surface area (Å²) in [6.07, 6.45) is 2.97. The van der Waals surface area contributed by atoms with Crippen LogP contribution in [0.5, 0.6) is 0 Å². The average Bonchev–Trinajstić information content (AvgIpc) is 3.08. The number of aliphatic hydroxyl groups excluding tert-OH is 1. The Balaban J connectivity index is 1.43. The molecule has 3 aromatic rings. The van der Waals surface area contributed by atoms with Gasteiger partial charge in [0.1, 0.15) is 29.0 Å². The topological polar surface area (TPSA) is 87.1 Å². The Morgan fingerprint density at radius 3 is 2.83 bits per heavy atom. The van der Waals surface area contributed by atoms with E-state index in [0.717, 1.165) is 54.2 Å². The number of hydrogen-bond donors (Lipinski definition) is 2. The summed E-state index contributed by atoms with van der Waals surface area (Å²) >= 11 is 1.23. The lowest BCUT2D eigenvalue weighted by molar-refractivity contribution is 0.145. The van der Waals surface area contributed by atoms with Gasteiger partial charge in [-0.15, -0.1) is 0 Å². The normalized spacial score (nSPS) is 15.8. The second-order valence-electron chi connectivity index (χ2n) is 5.92. The monoisotopic (exact) mass is 342 g/mol. The maximum atomic E-state index is 9.62. The van der Waals surface area contributed by atoms with E-state index in [1.165, 1.54) is 11.7 Å². The first-order chi connectivity index (χ1) is 11.8. The Labute approximate surface area is 143 Å². The second kappa shape index (κ2) is 6.66. The molecule has 0 spiro atoms. The Kier molecular flexibility index (Phi) is 4.22. The van der Waals surface area contributed by atoms with Crippen LogP contribution >= 0.6 is 11.7 Å². The molecule has 7 nitrogen and oxygen atoms in total. The minimum Gasteiger partial charge on any atom is -0.393 e. The van der Waals surface area contributed by atoms with Crippen molar-refractivity contribution in [1.29, 1.82) is 0 Å². The van der Waals surface area contributed by atoms with E-state index in [2.05, 4.69) is 28.9 Å². The van der Waals surface area contributed by atoms with E-state index in [1.807, 2.05) is 24.3 Å². The van der Waals surface area contributed by atoms with E-state index < -0.39 is 0 Å².